The molecule has 78 valence electrons. The van der Waals surface area contributed by atoms with Gasteiger partial charge in [-0.05, 0) is 37.5 Å². The fourth-order valence-electron chi connectivity index (χ4n) is 2.04. The first-order valence-electron chi connectivity index (χ1n) is 5.10. The van der Waals surface area contributed by atoms with Crippen molar-refractivity contribution in [3.05, 3.63) is 0 Å². The standard InChI is InChI=1S/C11H21IO/c1-10(2,3)8-5-6-11(4,12)9(13)7-8/h8-9,13H,5-7H2,1-4H3/t8-,9?,11?/m1/s1. The van der Waals surface area contributed by atoms with Crippen LogP contribution in [-0.2, 0) is 0 Å². The van der Waals surface area contributed by atoms with Gasteiger partial charge in [-0.15, -0.1) is 0 Å². The van der Waals surface area contributed by atoms with E-state index in [0.29, 0.717) is 11.3 Å². The topological polar surface area (TPSA) is 20.2 Å². The van der Waals surface area contributed by atoms with Gasteiger partial charge in [0.15, 0.2) is 0 Å². The highest BCUT2D eigenvalue weighted by Crippen LogP contribution is 2.44. The second-order valence-electron chi connectivity index (χ2n) is 5.63. The molecule has 0 bridgehead atoms. The third kappa shape index (κ3) is 2.82. The van der Waals surface area contributed by atoms with Gasteiger partial charge in [0.1, 0.15) is 0 Å². The smallest absolute Gasteiger partial charge is 0.0686 e. The Bertz CT molecular complexity index is 181. The average Bonchev–Trinajstić information content (AvgIpc) is 1.92. The van der Waals surface area contributed by atoms with Crippen molar-refractivity contribution in [3.63, 3.8) is 0 Å². The number of hydrogen-bond donors (Lipinski definition) is 1. The molecule has 3 atom stereocenters. The zero-order valence-corrected chi connectivity index (χ0v) is 11.3. The molecule has 13 heavy (non-hydrogen) atoms. The highest BCUT2D eigenvalue weighted by molar-refractivity contribution is 14.1. The van der Waals surface area contributed by atoms with Crippen molar-refractivity contribution in [2.24, 2.45) is 11.3 Å². The second-order valence-corrected chi connectivity index (χ2v) is 8.10. The lowest BCUT2D eigenvalue weighted by molar-refractivity contribution is 0.0408. The largest absolute Gasteiger partial charge is 0.392 e. The van der Waals surface area contributed by atoms with Gasteiger partial charge in [0.25, 0.3) is 0 Å². The summed E-state index contributed by atoms with van der Waals surface area (Å²) in [7, 11) is 0. The average molecular weight is 296 g/mol. The molecule has 0 heterocycles. The molecule has 0 aromatic heterocycles. The minimum atomic E-state index is -0.119. The first-order valence-corrected chi connectivity index (χ1v) is 6.18. The van der Waals surface area contributed by atoms with Crippen molar-refractivity contribution in [1.82, 2.24) is 0 Å². The van der Waals surface area contributed by atoms with E-state index in [4.69, 9.17) is 0 Å². The van der Waals surface area contributed by atoms with Gasteiger partial charge < -0.3 is 5.11 Å². The van der Waals surface area contributed by atoms with Crippen LogP contribution in [0.3, 0.4) is 0 Å². The molecule has 2 unspecified atom stereocenters. The summed E-state index contributed by atoms with van der Waals surface area (Å²) >= 11 is 2.41. The zero-order chi connectivity index (χ0) is 10.3. The number of alkyl halides is 1. The molecule has 1 fully saturated rings. The van der Waals surface area contributed by atoms with Crippen LogP contribution in [-0.4, -0.2) is 14.6 Å². The van der Waals surface area contributed by atoms with Gasteiger partial charge >= 0.3 is 0 Å². The zero-order valence-electron chi connectivity index (χ0n) is 9.10. The minimum absolute atomic E-state index is 0.111. The van der Waals surface area contributed by atoms with Crippen LogP contribution in [0.4, 0.5) is 0 Å². The third-order valence-electron chi connectivity index (χ3n) is 3.41. The maximum atomic E-state index is 9.96. The van der Waals surface area contributed by atoms with Crippen LogP contribution in [0.2, 0.25) is 0 Å². The molecule has 0 spiro atoms. The highest BCUT2D eigenvalue weighted by Gasteiger charge is 2.40. The molecule has 0 radical (unpaired) electrons. The van der Waals surface area contributed by atoms with Gasteiger partial charge in [-0.1, -0.05) is 43.4 Å². The molecular weight excluding hydrogens is 275 g/mol. The molecule has 1 N–H and O–H groups in total. The third-order valence-corrected chi connectivity index (χ3v) is 4.67. The van der Waals surface area contributed by atoms with Gasteiger partial charge in [0, 0.05) is 3.42 Å². The number of aliphatic hydroxyl groups excluding tert-OH is 1. The first-order chi connectivity index (χ1) is 5.73. The van der Waals surface area contributed by atoms with E-state index in [2.05, 4.69) is 50.3 Å². The number of hydrogen-bond acceptors (Lipinski definition) is 1. The van der Waals surface area contributed by atoms with Crippen LogP contribution in [0, 0.1) is 11.3 Å². The molecule has 1 aliphatic carbocycles. The lowest BCUT2D eigenvalue weighted by Crippen LogP contribution is -2.42. The summed E-state index contributed by atoms with van der Waals surface area (Å²) in [5, 5.41) is 9.96. The summed E-state index contributed by atoms with van der Waals surface area (Å²) in [6.07, 6.45) is 3.27. The second kappa shape index (κ2) is 3.69. The maximum Gasteiger partial charge on any atom is 0.0686 e. The molecule has 2 heteroatoms. The van der Waals surface area contributed by atoms with Crippen molar-refractivity contribution in [2.45, 2.75) is 56.5 Å². The van der Waals surface area contributed by atoms with E-state index >= 15 is 0 Å². The SMILES string of the molecule is CC1(I)CC[C@@H](C(C)(C)C)CC1O. The Kier molecular flexibility index (Phi) is 3.34. The van der Waals surface area contributed by atoms with E-state index in [1.54, 1.807) is 0 Å². The number of rotatable bonds is 0. The Labute approximate surface area is 95.4 Å². The summed E-state index contributed by atoms with van der Waals surface area (Å²) < 4.78 is 0.111. The normalized spacial score (nSPS) is 42.0. The van der Waals surface area contributed by atoms with E-state index in [1.165, 1.54) is 6.42 Å². The fraction of sp³-hybridized carbons (Fsp3) is 1.00. The van der Waals surface area contributed by atoms with Crippen LogP contribution in [0.15, 0.2) is 0 Å². The van der Waals surface area contributed by atoms with Crippen LogP contribution in [0.1, 0.15) is 47.0 Å². The first kappa shape index (κ1) is 11.8. The van der Waals surface area contributed by atoms with E-state index in [1.807, 2.05) is 0 Å². The van der Waals surface area contributed by atoms with Crippen LogP contribution in [0.25, 0.3) is 0 Å². The maximum absolute atomic E-state index is 9.96. The van der Waals surface area contributed by atoms with Gasteiger partial charge in [-0.2, -0.15) is 0 Å². The molecule has 1 rings (SSSR count). The molecule has 0 aliphatic heterocycles. The van der Waals surface area contributed by atoms with E-state index in [-0.39, 0.29) is 9.53 Å². The van der Waals surface area contributed by atoms with Crippen molar-refractivity contribution in [3.8, 4) is 0 Å². The molecule has 0 aromatic carbocycles. The Morgan fingerprint density at radius 1 is 1.38 bits per heavy atom. The van der Waals surface area contributed by atoms with Gasteiger partial charge in [0.2, 0.25) is 0 Å². The quantitative estimate of drug-likeness (QED) is 0.536. The van der Waals surface area contributed by atoms with Crippen molar-refractivity contribution in [1.29, 1.82) is 0 Å². The Morgan fingerprint density at radius 3 is 2.31 bits per heavy atom. The summed E-state index contributed by atoms with van der Waals surface area (Å²) in [6, 6.07) is 0. The molecule has 1 saturated carbocycles. The van der Waals surface area contributed by atoms with E-state index in [0.717, 1.165) is 12.8 Å². The van der Waals surface area contributed by atoms with Crippen molar-refractivity contribution in [2.75, 3.05) is 0 Å². The summed E-state index contributed by atoms with van der Waals surface area (Å²) in [4.78, 5) is 0. The molecule has 0 aromatic rings. The lowest BCUT2D eigenvalue weighted by Gasteiger charge is -2.42. The van der Waals surface area contributed by atoms with Crippen LogP contribution < -0.4 is 0 Å². The Hall–Kier alpha value is 0.690. The van der Waals surface area contributed by atoms with Crippen molar-refractivity contribution < 1.29 is 5.11 Å². The lowest BCUT2D eigenvalue weighted by atomic mass is 9.69. The molecule has 1 nitrogen and oxygen atoms in total. The molecular formula is C11H21IO. The predicted octanol–water partition coefficient (Wildman–Crippen LogP) is 3.39. The fourth-order valence-corrected chi connectivity index (χ4v) is 2.61. The van der Waals surface area contributed by atoms with Gasteiger partial charge in [-0.3, -0.25) is 0 Å². The molecule has 0 amide bonds. The summed E-state index contributed by atoms with van der Waals surface area (Å²) in [5.41, 5.74) is 0.355. The predicted molar refractivity (Wildman–Crippen MR) is 65.2 cm³/mol. The molecule has 1 aliphatic rings. The minimum Gasteiger partial charge on any atom is -0.392 e. The highest BCUT2D eigenvalue weighted by atomic mass is 127. The Morgan fingerprint density at radius 2 is 1.92 bits per heavy atom. The summed E-state index contributed by atoms with van der Waals surface area (Å²) in [5.74, 6) is 0.686. The summed E-state index contributed by atoms with van der Waals surface area (Å²) in [6.45, 7) is 9.00. The van der Waals surface area contributed by atoms with Crippen LogP contribution >= 0.6 is 22.6 Å². The number of halogens is 1. The van der Waals surface area contributed by atoms with Gasteiger partial charge in [0.05, 0.1) is 6.10 Å². The Balaban J connectivity index is 2.61. The monoisotopic (exact) mass is 296 g/mol. The molecule has 0 saturated heterocycles. The number of aliphatic hydroxyl groups is 1. The van der Waals surface area contributed by atoms with Crippen molar-refractivity contribution >= 4 is 22.6 Å². The van der Waals surface area contributed by atoms with Crippen LogP contribution in [0.5, 0.6) is 0 Å². The van der Waals surface area contributed by atoms with E-state index in [9.17, 15) is 5.11 Å². The van der Waals surface area contributed by atoms with E-state index < -0.39 is 0 Å². The van der Waals surface area contributed by atoms with Gasteiger partial charge in [-0.25, -0.2) is 0 Å².